The molecule has 1 saturated carbocycles. The van der Waals surface area contributed by atoms with E-state index in [0.717, 1.165) is 36.6 Å². The number of carbonyl (C=O) groups is 1. The molecule has 1 aliphatic carbocycles. The summed E-state index contributed by atoms with van der Waals surface area (Å²) in [5, 5.41) is 8.80. The van der Waals surface area contributed by atoms with Crippen LogP contribution >= 0.6 is 0 Å². The highest BCUT2D eigenvalue weighted by molar-refractivity contribution is 5.84. The number of halogens is 3. The van der Waals surface area contributed by atoms with E-state index in [9.17, 15) is 18.0 Å². The predicted octanol–water partition coefficient (Wildman–Crippen LogP) is 5.57. The number of allylic oxidation sites excluding steroid dienone is 2. The first-order valence-corrected chi connectivity index (χ1v) is 8.85. The average molecular weight is 388 g/mol. The van der Waals surface area contributed by atoms with Gasteiger partial charge >= 0.3 is 12.1 Å². The Morgan fingerprint density at radius 1 is 1.11 bits per heavy atom. The summed E-state index contributed by atoms with van der Waals surface area (Å²) in [6, 6.07) is 12.0. The van der Waals surface area contributed by atoms with E-state index < -0.39 is 17.7 Å². The second kappa shape index (κ2) is 8.33. The van der Waals surface area contributed by atoms with Gasteiger partial charge in [0.05, 0.1) is 12.2 Å². The second-order valence-corrected chi connectivity index (χ2v) is 6.64. The Morgan fingerprint density at radius 2 is 1.82 bits per heavy atom. The Balaban J connectivity index is 1.92. The molecule has 146 valence electrons. The fraction of sp³-hybridized carbons (Fsp3) is 0.227. The van der Waals surface area contributed by atoms with Gasteiger partial charge in [-0.05, 0) is 59.7 Å². The number of benzene rings is 2. The van der Waals surface area contributed by atoms with Crippen LogP contribution in [0.25, 0.3) is 5.57 Å². The minimum absolute atomic E-state index is 0.544. The van der Waals surface area contributed by atoms with Gasteiger partial charge in [0, 0.05) is 6.08 Å². The highest BCUT2D eigenvalue weighted by Crippen LogP contribution is 2.33. The van der Waals surface area contributed by atoms with Crippen molar-refractivity contribution < 1.29 is 27.8 Å². The third-order valence-corrected chi connectivity index (χ3v) is 4.35. The molecular weight excluding hydrogens is 369 g/mol. The average Bonchev–Trinajstić information content (AvgIpc) is 3.48. The van der Waals surface area contributed by atoms with Crippen molar-refractivity contribution in [1.29, 1.82) is 0 Å². The molecule has 1 N–H and O–H groups in total. The van der Waals surface area contributed by atoms with Crippen LogP contribution in [0.15, 0.2) is 66.8 Å². The zero-order valence-electron chi connectivity index (χ0n) is 14.9. The number of rotatable bonds is 7. The van der Waals surface area contributed by atoms with Crippen LogP contribution < -0.4 is 4.74 Å². The lowest BCUT2D eigenvalue weighted by Crippen LogP contribution is -2.04. The molecule has 0 bridgehead atoms. The number of alkyl halides is 3. The van der Waals surface area contributed by atoms with Gasteiger partial charge in [-0.1, -0.05) is 36.4 Å². The standard InChI is InChI=1S/C22H19F3O3/c23-22(24,25)18-11-9-16(10-12-18)20(5-2-6-21(26)27)17-3-1-4-19(13-17)28-14-15-7-8-15/h1-6,9-13,15H,7-8,14H2,(H,26,27)/b6-2+,20-5+. The molecule has 0 amide bonds. The molecule has 1 aliphatic rings. The number of hydrogen-bond donors (Lipinski definition) is 1. The molecule has 0 aliphatic heterocycles. The molecule has 0 unspecified atom stereocenters. The zero-order valence-corrected chi connectivity index (χ0v) is 14.9. The van der Waals surface area contributed by atoms with Gasteiger partial charge in [0.2, 0.25) is 0 Å². The Hall–Kier alpha value is -3.02. The maximum absolute atomic E-state index is 12.8. The lowest BCUT2D eigenvalue weighted by molar-refractivity contribution is -0.137. The lowest BCUT2D eigenvalue weighted by Gasteiger charge is -2.12. The summed E-state index contributed by atoms with van der Waals surface area (Å²) in [4.78, 5) is 10.8. The first kappa shape index (κ1) is 19.7. The molecule has 0 radical (unpaired) electrons. The molecule has 6 heteroatoms. The van der Waals surface area contributed by atoms with Crippen molar-refractivity contribution in [3.63, 3.8) is 0 Å². The van der Waals surface area contributed by atoms with Gasteiger partial charge in [-0.25, -0.2) is 4.79 Å². The summed E-state index contributed by atoms with van der Waals surface area (Å²) in [5.74, 6) is 0.154. The zero-order chi connectivity index (χ0) is 20.1. The number of carboxylic acids is 1. The quantitative estimate of drug-likeness (QED) is 0.498. The summed E-state index contributed by atoms with van der Waals surface area (Å²) in [6.45, 7) is 0.641. The Morgan fingerprint density at radius 3 is 2.43 bits per heavy atom. The van der Waals surface area contributed by atoms with E-state index in [1.165, 1.54) is 18.2 Å². The number of ether oxygens (including phenoxy) is 1. The third-order valence-electron chi connectivity index (χ3n) is 4.35. The molecule has 3 nitrogen and oxygen atoms in total. The first-order valence-electron chi connectivity index (χ1n) is 8.85. The van der Waals surface area contributed by atoms with Crippen molar-refractivity contribution in [2.24, 2.45) is 5.92 Å². The van der Waals surface area contributed by atoms with Gasteiger partial charge in [-0.15, -0.1) is 0 Å². The topological polar surface area (TPSA) is 46.5 Å². The van der Waals surface area contributed by atoms with Crippen LogP contribution in [0.4, 0.5) is 13.2 Å². The maximum atomic E-state index is 12.8. The number of carboxylic acid groups (broad SMARTS) is 1. The van der Waals surface area contributed by atoms with Crippen LogP contribution in [0.1, 0.15) is 29.5 Å². The summed E-state index contributed by atoms with van der Waals surface area (Å²) in [6.07, 6.45) is 1.80. The molecule has 2 aromatic carbocycles. The number of hydrogen-bond acceptors (Lipinski definition) is 2. The molecule has 0 saturated heterocycles. The fourth-order valence-corrected chi connectivity index (χ4v) is 2.68. The first-order chi connectivity index (χ1) is 13.3. The van der Waals surface area contributed by atoms with Crippen LogP contribution in [0.3, 0.4) is 0 Å². The molecule has 0 atom stereocenters. The summed E-state index contributed by atoms with van der Waals surface area (Å²) in [5.41, 5.74) is 1.13. The van der Waals surface area contributed by atoms with E-state index in [2.05, 4.69) is 0 Å². The maximum Gasteiger partial charge on any atom is 0.416 e. The largest absolute Gasteiger partial charge is 0.493 e. The van der Waals surface area contributed by atoms with Gasteiger partial charge in [-0.3, -0.25) is 0 Å². The van der Waals surface area contributed by atoms with Gasteiger partial charge in [0.1, 0.15) is 5.75 Å². The van der Waals surface area contributed by atoms with Crippen molar-refractivity contribution in [1.82, 2.24) is 0 Å². The Bertz CT molecular complexity index is 892. The van der Waals surface area contributed by atoms with Crippen LogP contribution in [-0.4, -0.2) is 17.7 Å². The highest BCUT2D eigenvalue weighted by Gasteiger charge is 2.30. The summed E-state index contributed by atoms with van der Waals surface area (Å²) in [7, 11) is 0. The molecule has 2 aromatic rings. The van der Waals surface area contributed by atoms with E-state index in [4.69, 9.17) is 9.84 Å². The fourth-order valence-electron chi connectivity index (χ4n) is 2.68. The molecule has 0 spiro atoms. The van der Waals surface area contributed by atoms with E-state index in [1.54, 1.807) is 18.2 Å². The minimum atomic E-state index is -4.41. The third kappa shape index (κ3) is 5.49. The predicted molar refractivity (Wildman–Crippen MR) is 100.0 cm³/mol. The Labute approximate surface area is 160 Å². The molecule has 1 fully saturated rings. The van der Waals surface area contributed by atoms with Crippen molar-refractivity contribution in [3.8, 4) is 5.75 Å². The molecule has 3 rings (SSSR count). The lowest BCUT2D eigenvalue weighted by atomic mass is 9.96. The Kier molecular flexibility index (Phi) is 5.87. The van der Waals surface area contributed by atoms with Gasteiger partial charge in [-0.2, -0.15) is 13.2 Å². The minimum Gasteiger partial charge on any atom is -0.493 e. The van der Waals surface area contributed by atoms with Crippen LogP contribution in [0.5, 0.6) is 5.75 Å². The van der Waals surface area contributed by atoms with Crippen LogP contribution in [-0.2, 0) is 11.0 Å². The van der Waals surface area contributed by atoms with Gasteiger partial charge < -0.3 is 9.84 Å². The molecular formula is C22H19F3O3. The monoisotopic (exact) mass is 388 g/mol. The smallest absolute Gasteiger partial charge is 0.416 e. The molecule has 28 heavy (non-hydrogen) atoms. The van der Waals surface area contributed by atoms with Crippen molar-refractivity contribution >= 4 is 11.5 Å². The highest BCUT2D eigenvalue weighted by atomic mass is 19.4. The van der Waals surface area contributed by atoms with Gasteiger partial charge in [0.15, 0.2) is 0 Å². The summed E-state index contributed by atoms with van der Waals surface area (Å²) >= 11 is 0. The normalized spacial score (nSPS) is 15.0. The van der Waals surface area contributed by atoms with Gasteiger partial charge in [0.25, 0.3) is 0 Å². The van der Waals surface area contributed by atoms with Crippen molar-refractivity contribution in [2.75, 3.05) is 6.61 Å². The van der Waals surface area contributed by atoms with Crippen molar-refractivity contribution in [2.45, 2.75) is 19.0 Å². The van der Waals surface area contributed by atoms with Crippen LogP contribution in [0.2, 0.25) is 0 Å². The van der Waals surface area contributed by atoms with E-state index >= 15 is 0 Å². The molecule has 0 heterocycles. The number of aliphatic carboxylic acids is 1. The summed E-state index contributed by atoms with van der Waals surface area (Å²) < 4.78 is 44.3. The van der Waals surface area contributed by atoms with E-state index in [-0.39, 0.29) is 0 Å². The van der Waals surface area contributed by atoms with E-state index in [0.29, 0.717) is 29.4 Å². The van der Waals surface area contributed by atoms with Crippen molar-refractivity contribution in [3.05, 3.63) is 83.4 Å². The second-order valence-electron chi connectivity index (χ2n) is 6.64. The SMILES string of the molecule is O=C(O)/C=C/C=C(\c1ccc(C(F)(F)F)cc1)c1cccc(OCC2CC2)c1. The molecule has 0 aromatic heterocycles. The van der Waals surface area contributed by atoms with Crippen LogP contribution in [0, 0.1) is 5.92 Å². The van der Waals surface area contributed by atoms with E-state index in [1.807, 2.05) is 12.1 Å².